The van der Waals surface area contributed by atoms with Crippen molar-refractivity contribution < 1.29 is 14.7 Å². The Morgan fingerprint density at radius 2 is 2.36 bits per heavy atom. The van der Waals surface area contributed by atoms with Gasteiger partial charge in [-0.05, 0) is 0 Å². The largest absolute Gasteiger partial charge is 0.481 e. The lowest BCUT2D eigenvalue weighted by molar-refractivity contribution is -0.136. The maximum atomic E-state index is 11.0. The van der Waals surface area contributed by atoms with Crippen molar-refractivity contribution >= 4 is 28.5 Å². The molecule has 0 aliphatic carbocycles. The highest BCUT2D eigenvalue weighted by Crippen LogP contribution is 2.07. The summed E-state index contributed by atoms with van der Waals surface area (Å²) in [4.78, 5) is 21.1. The summed E-state index contributed by atoms with van der Waals surface area (Å²) >= 11 is 1.04. The zero-order valence-corrected chi connectivity index (χ0v) is 7.87. The zero-order chi connectivity index (χ0) is 10.4. The quantitative estimate of drug-likeness (QED) is 0.663. The van der Waals surface area contributed by atoms with Crippen LogP contribution in [-0.4, -0.2) is 33.2 Å². The molecule has 0 bridgehead atoms. The third-order valence-electron chi connectivity index (χ3n) is 1.22. The van der Waals surface area contributed by atoms with Crippen LogP contribution in [0.4, 0.5) is 9.80 Å². The summed E-state index contributed by atoms with van der Waals surface area (Å²) in [5, 5.41) is 17.1. The second-order valence-corrected chi connectivity index (χ2v) is 3.09. The second kappa shape index (κ2) is 5.12. The summed E-state index contributed by atoms with van der Waals surface area (Å²) in [6.07, 6.45) is 1.30. The minimum atomic E-state index is -0.954. The van der Waals surface area contributed by atoms with Crippen LogP contribution in [0.3, 0.4) is 0 Å². The Kier molecular flexibility index (Phi) is 3.80. The third-order valence-corrected chi connectivity index (χ3v) is 1.80. The predicted molar refractivity (Wildman–Crippen MR) is 49.2 cm³/mol. The van der Waals surface area contributed by atoms with Gasteiger partial charge >= 0.3 is 12.0 Å². The molecule has 0 saturated carbocycles. The smallest absolute Gasteiger partial charge is 0.319 e. The molecule has 0 radical (unpaired) electrons. The molecule has 0 aliphatic rings. The summed E-state index contributed by atoms with van der Waals surface area (Å²) in [5.74, 6) is -0.954. The topological polar surface area (TPSA) is 104 Å². The Balaban J connectivity index is 2.20. The average Bonchev–Trinajstić information content (AvgIpc) is 2.56. The number of carboxylic acid groups (broad SMARTS) is 1. The van der Waals surface area contributed by atoms with Crippen LogP contribution >= 0.6 is 11.5 Å². The van der Waals surface area contributed by atoms with Crippen LogP contribution in [0.2, 0.25) is 0 Å². The molecule has 0 atom stereocenters. The molecule has 1 aromatic heterocycles. The van der Waals surface area contributed by atoms with Crippen molar-refractivity contribution in [1.29, 1.82) is 0 Å². The fourth-order valence-corrected chi connectivity index (χ4v) is 1.08. The summed E-state index contributed by atoms with van der Waals surface area (Å²) in [5.41, 5.74) is 0. The van der Waals surface area contributed by atoms with E-state index in [1.807, 2.05) is 0 Å². The lowest BCUT2D eigenvalue weighted by atomic mass is 10.4. The first-order valence-corrected chi connectivity index (χ1v) is 4.50. The Labute approximate surface area is 83.3 Å². The predicted octanol–water partition coefficient (Wildman–Crippen LogP) is 0.134. The summed E-state index contributed by atoms with van der Waals surface area (Å²) < 4.78 is 3.54. The van der Waals surface area contributed by atoms with Gasteiger partial charge in [0.25, 0.3) is 0 Å². The first-order valence-electron chi connectivity index (χ1n) is 3.72. The third kappa shape index (κ3) is 3.81. The number of carbonyl (C=O) groups excluding carboxylic acids is 1. The number of urea groups is 1. The number of nitrogens with one attached hydrogen (secondary N) is 2. The van der Waals surface area contributed by atoms with Crippen LogP contribution in [0.15, 0.2) is 6.20 Å². The molecule has 0 spiro atoms. The van der Waals surface area contributed by atoms with Crippen LogP contribution < -0.4 is 10.6 Å². The number of hydrogen-bond donors (Lipinski definition) is 3. The summed E-state index contributed by atoms with van der Waals surface area (Å²) in [6, 6.07) is -0.461. The number of amides is 2. The first kappa shape index (κ1) is 10.4. The molecule has 8 heteroatoms. The van der Waals surface area contributed by atoms with Crippen molar-refractivity contribution in [2.75, 3.05) is 11.9 Å². The molecule has 14 heavy (non-hydrogen) atoms. The van der Waals surface area contributed by atoms with Gasteiger partial charge in [0.1, 0.15) is 5.00 Å². The maximum Gasteiger partial charge on any atom is 0.319 e. The zero-order valence-electron chi connectivity index (χ0n) is 7.06. The van der Waals surface area contributed by atoms with Gasteiger partial charge in [0.15, 0.2) is 0 Å². The van der Waals surface area contributed by atoms with Crippen LogP contribution in [0, 0.1) is 0 Å². The first-order chi connectivity index (χ1) is 6.68. The van der Waals surface area contributed by atoms with E-state index in [9.17, 15) is 9.59 Å². The molecule has 1 rings (SSSR count). The van der Waals surface area contributed by atoms with E-state index < -0.39 is 12.0 Å². The lowest BCUT2D eigenvalue weighted by Crippen LogP contribution is -2.30. The van der Waals surface area contributed by atoms with Crippen LogP contribution in [0.5, 0.6) is 0 Å². The maximum absolute atomic E-state index is 11.0. The van der Waals surface area contributed by atoms with Gasteiger partial charge in [-0.2, -0.15) is 0 Å². The van der Waals surface area contributed by atoms with Crippen molar-refractivity contribution in [1.82, 2.24) is 14.9 Å². The molecule has 0 aliphatic heterocycles. The van der Waals surface area contributed by atoms with E-state index >= 15 is 0 Å². The van der Waals surface area contributed by atoms with E-state index in [1.54, 1.807) is 0 Å². The van der Waals surface area contributed by atoms with Gasteiger partial charge < -0.3 is 10.4 Å². The monoisotopic (exact) mass is 216 g/mol. The van der Waals surface area contributed by atoms with Crippen LogP contribution in [0.1, 0.15) is 6.42 Å². The highest BCUT2D eigenvalue weighted by molar-refractivity contribution is 7.10. The fourth-order valence-electron chi connectivity index (χ4n) is 0.661. The lowest BCUT2D eigenvalue weighted by Gasteiger charge is -2.02. The number of nitrogens with zero attached hydrogens (tertiary/aromatic N) is 2. The fraction of sp³-hybridized carbons (Fsp3) is 0.333. The molecule has 0 fully saturated rings. The van der Waals surface area contributed by atoms with Crippen LogP contribution in [-0.2, 0) is 4.79 Å². The second-order valence-electron chi connectivity index (χ2n) is 2.31. The number of anilines is 1. The SMILES string of the molecule is O=C(O)CCNC(=O)Nc1cnns1. The molecule has 76 valence electrons. The highest BCUT2D eigenvalue weighted by atomic mass is 32.1. The number of rotatable bonds is 4. The van der Waals surface area contributed by atoms with Crippen molar-refractivity contribution in [2.24, 2.45) is 0 Å². The van der Waals surface area contributed by atoms with E-state index in [0.717, 1.165) is 11.5 Å². The van der Waals surface area contributed by atoms with E-state index in [4.69, 9.17) is 5.11 Å². The molecule has 0 saturated heterocycles. The normalized spacial score (nSPS) is 9.43. The van der Waals surface area contributed by atoms with Crippen molar-refractivity contribution in [3.05, 3.63) is 6.20 Å². The van der Waals surface area contributed by atoms with Crippen molar-refractivity contribution in [3.63, 3.8) is 0 Å². The van der Waals surface area contributed by atoms with E-state index in [2.05, 4.69) is 20.2 Å². The van der Waals surface area contributed by atoms with Crippen molar-refractivity contribution in [2.45, 2.75) is 6.42 Å². The molecule has 0 aromatic carbocycles. The number of carboxylic acids is 1. The van der Waals surface area contributed by atoms with Gasteiger partial charge in [-0.15, -0.1) is 5.10 Å². The standard InChI is InChI=1S/C6H8N4O3S/c11-5(12)1-2-7-6(13)9-4-3-8-10-14-4/h3H,1-2H2,(H,11,12)(H2,7,9,13). The number of carbonyl (C=O) groups is 2. The number of hydrogen-bond acceptors (Lipinski definition) is 5. The molecule has 1 heterocycles. The number of aromatic nitrogens is 2. The van der Waals surface area contributed by atoms with E-state index in [0.29, 0.717) is 5.00 Å². The van der Waals surface area contributed by atoms with Crippen LogP contribution in [0.25, 0.3) is 0 Å². The molecule has 0 unspecified atom stereocenters. The van der Waals surface area contributed by atoms with Gasteiger partial charge in [-0.3, -0.25) is 10.1 Å². The molecule has 1 aromatic rings. The van der Waals surface area contributed by atoms with Gasteiger partial charge in [-0.25, -0.2) is 4.79 Å². The molecular weight excluding hydrogens is 208 g/mol. The number of aliphatic carboxylic acids is 1. The molecular formula is C6H8N4O3S. The highest BCUT2D eigenvalue weighted by Gasteiger charge is 2.03. The Bertz CT molecular complexity index is 313. The minimum Gasteiger partial charge on any atom is -0.481 e. The van der Waals surface area contributed by atoms with Gasteiger partial charge in [-0.1, -0.05) is 4.49 Å². The van der Waals surface area contributed by atoms with E-state index in [1.165, 1.54) is 6.20 Å². The Morgan fingerprint density at radius 1 is 1.57 bits per heavy atom. The minimum absolute atomic E-state index is 0.0907. The molecule has 7 nitrogen and oxygen atoms in total. The van der Waals surface area contributed by atoms with Gasteiger partial charge in [0, 0.05) is 18.1 Å². The Hall–Kier alpha value is -1.70. The van der Waals surface area contributed by atoms with E-state index in [-0.39, 0.29) is 13.0 Å². The van der Waals surface area contributed by atoms with Crippen molar-refractivity contribution in [3.8, 4) is 0 Å². The molecule has 3 N–H and O–H groups in total. The Morgan fingerprint density at radius 3 is 2.93 bits per heavy atom. The molecule has 2 amide bonds. The summed E-state index contributed by atoms with van der Waals surface area (Å²) in [7, 11) is 0. The van der Waals surface area contributed by atoms with Gasteiger partial charge in [0.05, 0.1) is 12.6 Å². The summed E-state index contributed by atoms with van der Waals surface area (Å²) in [6.45, 7) is 0.0907. The van der Waals surface area contributed by atoms with Gasteiger partial charge in [0.2, 0.25) is 0 Å². The average molecular weight is 216 g/mol.